The molecule has 0 unspecified atom stereocenters. The van der Waals surface area contributed by atoms with Gasteiger partial charge in [-0.05, 0) is 24.6 Å². The highest BCUT2D eigenvalue weighted by molar-refractivity contribution is 6.36. The van der Waals surface area contributed by atoms with E-state index >= 15 is 0 Å². The SMILES string of the molecule is Cc1c(Cl)ccc(C(F)(F)F)c1Cl. The van der Waals surface area contributed by atoms with Gasteiger partial charge in [-0.1, -0.05) is 23.2 Å². The molecule has 5 heteroatoms. The van der Waals surface area contributed by atoms with Crippen molar-refractivity contribution >= 4 is 23.2 Å². The van der Waals surface area contributed by atoms with Gasteiger partial charge in [0.25, 0.3) is 0 Å². The molecule has 0 saturated heterocycles. The number of benzene rings is 1. The van der Waals surface area contributed by atoms with Crippen molar-refractivity contribution in [2.45, 2.75) is 13.1 Å². The Hall–Kier alpha value is -0.410. The van der Waals surface area contributed by atoms with E-state index in [9.17, 15) is 13.2 Å². The van der Waals surface area contributed by atoms with Crippen LogP contribution < -0.4 is 0 Å². The Labute approximate surface area is 83.3 Å². The summed E-state index contributed by atoms with van der Waals surface area (Å²) < 4.78 is 36.7. The van der Waals surface area contributed by atoms with E-state index in [1.807, 2.05) is 0 Å². The van der Waals surface area contributed by atoms with Gasteiger partial charge >= 0.3 is 6.18 Å². The van der Waals surface area contributed by atoms with Crippen molar-refractivity contribution in [3.63, 3.8) is 0 Å². The van der Waals surface area contributed by atoms with E-state index in [0.717, 1.165) is 6.07 Å². The summed E-state index contributed by atoms with van der Waals surface area (Å²) in [6.07, 6.45) is -4.42. The van der Waals surface area contributed by atoms with Crippen molar-refractivity contribution in [3.8, 4) is 0 Å². The maximum atomic E-state index is 12.2. The van der Waals surface area contributed by atoms with Gasteiger partial charge < -0.3 is 0 Å². The first-order valence-corrected chi connectivity index (χ1v) is 4.11. The molecule has 0 amide bonds. The lowest BCUT2D eigenvalue weighted by Crippen LogP contribution is -2.06. The molecule has 0 aliphatic rings. The van der Waals surface area contributed by atoms with Gasteiger partial charge in [0.1, 0.15) is 0 Å². The highest BCUT2D eigenvalue weighted by Crippen LogP contribution is 2.38. The third kappa shape index (κ3) is 2.09. The van der Waals surface area contributed by atoms with Crippen LogP contribution in [0, 0.1) is 6.92 Å². The molecule has 0 nitrogen and oxygen atoms in total. The zero-order valence-electron chi connectivity index (χ0n) is 6.54. The fraction of sp³-hybridized carbons (Fsp3) is 0.250. The van der Waals surface area contributed by atoms with Crippen LogP contribution in [-0.4, -0.2) is 0 Å². The van der Waals surface area contributed by atoms with Gasteiger partial charge in [0.15, 0.2) is 0 Å². The Bertz CT molecular complexity index is 331. The first-order valence-electron chi connectivity index (χ1n) is 3.36. The van der Waals surface area contributed by atoms with E-state index in [2.05, 4.69) is 0 Å². The summed E-state index contributed by atoms with van der Waals surface area (Å²) in [6, 6.07) is 2.06. The summed E-state index contributed by atoms with van der Waals surface area (Å²) in [4.78, 5) is 0. The zero-order chi connectivity index (χ0) is 10.2. The van der Waals surface area contributed by atoms with E-state index in [1.54, 1.807) is 0 Å². The molecule has 1 aromatic rings. The lowest BCUT2D eigenvalue weighted by molar-refractivity contribution is -0.137. The van der Waals surface area contributed by atoms with Crippen LogP contribution in [0.1, 0.15) is 11.1 Å². The Morgan fingerprint density at radius 2 is 1.69 bits per heavy atom. The molecule has 0 bridgehead atoms. The van der Waals surface area contributed by atoms with E-state index in [4.69, 9.17) is 23.2 Å². The molecule has 0 N–H and O–H groups in total. The van der Waals surface area contributed by atoms with Gasteiger partial charge in [-0.2, -0.15) is 13.2 Å². The fourth-order valence-electron chi connectivity index (χ4n) is 0.880. The largest absolute Gasteiger partial charge is 0.417 e. The molecule has 0 atom stereocenters. The van der Waals surface area contributed by atoms with Crippen LogP contribution in [0.2, 0.25) is 10.0 Å². The molecular weight excluding hydrogens is 224 g/mol. The Balaban J connectivity index is 3.35. The summed E-state index contributed by atoms with van der Waals surface area (Å²) in [5, 5.41) is -0.0991. The maximum Gasteiger partial charge on any atom is 0.417 e. The van der Waals surface area contributed by atoms with Crippen molar-refractivity contribution in [2.75, 3.05) is 0 Å². The molecule has 0 fully saturated rings. The van der Waals surface area contributed by atoms with Gasteiger partial charge in [0, 0.05) is 5.02 Å². The summed E-state index contributed by atoms with van der Waals surface area (Å²) in [6.45, 7) is 1.44. The Kier molecular flexibility index (Phi) is 2.78. The third-order valence-corrected chi connectivity index (χ3v) is 2.52. The smallest absolute Gasteiger partial charge is 0.166 e. The molecule has 0 aromatic heterocycles. The average Bonchev–Trinajstić information content (AvgIpc) is 1.98. The minimum absolute atomic E-state index is 0.234. The molecule has 1 aromatic carbocycles. The molecule has 0 radical (unpaired) electrons. The topological polar surface area (TPSA) is 0 Å². The van der Waals surface area contributed by atoms with E-state index in [1.165, 1.54) is 13.0 Å². The van der Waals surface area contributed by atoms with Gasteiger partial charge in [0.2, 0.25) is 0 Å². The van der Waals surface area contributed by atoms with Gasteiger partial charge in [-0.3, -0.25) is 0 Å². The number of rotatable bonds is 0. The molecule has 0 spiro atoms. The molecule has 13 heavy (non-hydrogen) atoms. The lowest BCUT2D eigenvalue weighted by atomic mass is 10.1. The lowest BCUT2D eigenvalue weighted by Gasteiger charge is -2.11. The second kappa shape index (κ2) is 3.39. The molecule has 0 heterocycles. The molecular formula is C8H5Cl2F3. The van der Waals surface area contributed by atoms with Gasteiger partial charge in [-0.25, -0.2) is 0 Å². The van der Waals surface area contributed by atoms with Crippen molar-refractivity contribution in [2.24, 2.45) is 0 Å². The predicted molar refractivity (Wildman–Crippen MR) is 46.2 cm³/mol. The fourth-order valence-corrected chi connectivity index (χ4v) is 1.36. The van der Waals surface area contributed by atoms with E-state index < -0.39 is 11.7 Å². The summed E-state index contributed by atoms with van der Waals surface area (Å²) in [5.74, 6) is 0. The quantitative estimate of drug-likeness (QED) is 0.621. The number of halogens is 5. The van der Waals surface area contributed by atoms with Crippen LogP contribution in [0.15, 0.2) is 12.1 Å². The summed E-state index contributed by atoms with van der Waals surface area (Å²) >= 11 is 11.1. The normalized spacial score (nSPS) is 11.8. The first-order chi connectivity index (χ1) is 5.84. The number of alkyl halides is 3. The van der Waals surface area contributed by atoms with Crippen LogP contribution >= 0.6 is 23.2 Å². The monoisotopic (exact) mass is 228 g/mol. The molecule has 0 aliphatic heterocycles. The second-order valence-corrected chi connectivity index (χ2v) is 3.32. The Morgan fingerprint density at radius 1 is 1.15 bits per heavy atom. The van der Waals surface area contributed by atoms with Crippen molar-refractivity contribution in [3.05, 3.63) is 33.3 Å². The number of hydrogen-bond acceptors (Lipinski definition) is 0. The van der Waals surface area contributed by atoms with Crippen molar-refractivity contribution in [1.29, 1.82) is 0 Å². The average molecular weight is 229 g/mol. The molecule has 72 valence electrons. The van der Waals surface area contributed by atoms with E-state index in [0.29, 0.717) is 0 Å². The Morgan fingerprint density at radius 3 is 2.15 bits per heavy atom. The van der Waals surface area contributed by atoms with Crippen LogP contribution in [0.25, 0.3) is 0 Å². The minimum Gasteiger partial charge on any atom is -0.166 e. The summed E-state index contributed by atoms with van der Waals surface area (Å²) in [7, 11) is 0. The van der Waals surface area contributed by atoms with Crippen LogP contribution in [0.5, 0.6) is 0 Å². The van der Waals surface area contributed by atoms with Gasteiger partial charge in [-0.15, -0.1) is 0 Å². The molecule has 0 aliphatic carbocycles. The maximum absolute atomic E-state index is 12.2. The van der Waals surface area contributed by atoms with E-state index in [-0.39, 0.29) is 15.6 Å². The van der Waals surface area contributed by atoms with Crippen molar-refractivity contribution in [1.82, 2.24) is 0 Å². The van der Waals surface area contributed by atoms with Gasteiger partial charge in [0.05, 0.1) is 10.6 Å². The highest BCUT2D eigenvalue weighted by atomic mass is 35.5. The second-order valence-electron chi connectivity index (χ2n) is 2.53. The van der Waals surface area contributed by atoms with Crippen LogP contribution in [0.4, 0.5) is 13.2 Å². The van der Waals surface area contributed by atoms with Crippen LogP contribution in [-0.2, 0) is 6.18 Å². The molecule has 1 rings (SSSR count). The minimum atomic E-state index is -4.42. The first kappa shape index (κ1) is 10.7. The standard InChI is InChI=1S/C8H5Cl2F3/c1-4-6(9)3-2-5(7(4)10)8(11,12)13/h2-3H,1H3. The molecule has 0 saturated carbocycles. The number of hydrogen-bond donors (Lipinski definition) is 0. The third-order valence-electron chi connectivity index (χ3n) is 1.63. The summed E-state index contributed by atoms with van der Waals surface area (Å²) in [5.41, 5.74) is -0.603. The van der Waals surface area contributed by atoms with Crippen molar-refractivity contribution < 1.29 is 13.2 Å². The highest BCUT2D eigenvalue weighted by Gasteiger charge is 2.33. The van der Waals surface area contributed by atoms with Crippen LogP contribution in [0.3, 0.4) is 0 Å². The zero-order valence-corrected chi connectivity index (χ0v) is 8.06. The predicted octanol–water partition coefficient (Wildman–Crippen LogP) is 4.32.